The third-order valence-electron chi connectivity index (χ3n) is 3.26. The maximum absolute atomic E-state index is 12.7. The molecule has 0 amide bonds. The molecule has 0 bridgehead atoms. The molecule has 2 heteroatoms. The van der Waals surface area contributed by atoms with Gasteiger partial charge in [0.1, 0.15) is 11.5 Å². The summed E-state index contributed by atoms with van der Waals surface area (Å²) in [5.74, 6) is 1.56. The van der Waals surface area contributed by atoms with Gasteiger partial charge < -0.3 is 4.74 Å². The molecule has 0 aliphatic rings. The summed E-state index contributed by atoms with van der Waals surface area (Å²) in [6, 6.07) is 7.88. The van der Waals surface area contributed by atoms with Crippen LogP contribution in [0.2, 0.25) is 0 Å². The van der Waals surface area contributed by atoms with Crippen LogP contribution in [0.25, 0.3) is 0 Å². The van der Waals surface area contributed by atoms with Crippen molar-refractivity contribution in [1.29, 1.82) is 0 Å². The Kier molecular flexibility index (Phi) is 5.16. The van der Waals surface area contributed by atoms with Gasteiger partial charge in [0.15, 0.2) is 0 Å². The lowest BCUT2D eigenvalue weighted by molar-refractivity contribution is -0.128. The van der Waals surface area contributed by atoms with Crippen molar-refractivity contribution in [3.8, 4) is 5.75 Å². The maximum atomic E-state index is 12.7. The van der Waals surface area contributed by atoms with E-state index in [9.17, 15) is 4.79 Å². The van der Waals surface area contributed by atoms with E-state index >= 15 is 0 Å². The average Bonchev–Trinajstić information content (AvgIpc) is 2.34. The normalized spacial score (nSPS) is 13.4. The van der Waals surface area contributed by atoms with Crippen LogP contribution in [-0.4, -0.2) is 12.9 Å². The number of carbonyl (C=O) groups is 1. The molecule has 1 atom stereocenters. The smallest absolute Gasteiger partial charge is 0.145 e. The summed E-state index contributed by atoms with van der Waals surface area (Å²) in [7, 11) is 1.65. The Hall–Kier alpha value is -1.31. The standard InChI is InChI=1S/C17H26O2/c1-12(2)10-15(16(18)17(3,4)5)13-8-7-9-14(11-13)19-6/h7-9,11-12,15H,10H2,1-6H3. The lowest BCUT2D eigenvalue weighted by atomic mass is 9.76. The van der Waals surface area contributed by atoms with E-state index < -0.39 is 0 Å². The first kappa shape index (κ1) is 15.7. The van der Waals surface area contributed by atoms with Gasteiger partial charge in [0.05, 0.1) is 7.11 Å². The molecule has 0 fully saturated rings. The molecule has 0 N–H and O–H groups in total. The zero-order valence-electron chi connectivity index (χ0n) is 13.0. The Labute approximate surface area is 117 Å². The third-order valence-corrected chi connectivity index (χ3v) is 3.26. The summed E-state index contributed by atoms with van der Waals surface area (Å²) in [6.07, 6.45) is 0.878. The quantitative estimate of drug-likeness (QED) is 0.784. The van der Waals surface area contributed by atoms with Crippen molar-refractivity contribution in [3.05, 3.63) is 29.8 Å². The predicted octanol–water partition coefficient (Wildman–Crippen LogP) is 4.44. The molecule has 1 rings (SSSR count). The summed E-state index contributed by atoms with van der Waals surface area (Å²) >= 11 is 0. The molecule has 106 valence electrons. The van der Waals surface area contributed by atoms with Crippen LogP contribution < -0.4 is 4.74 Å². The van der Waals surface area contributed by atoms with E-state index in [0.29, 0.717) is 11.7 Å². The van der Waals surface area contributed by atoms with Crippen molar-refractivity contribution in [3.63, 3.8) is 0 Å². The lowest BCUT2D eigenvalue weighted by Gasteiger charge is -2.26. The summed E-state index contributed by atoms with van der Waals surface area (Å²) < 4.78 is 5.26. The van der Waals surface area contributed by atoms with E-state index in [0.717, 1.165) is 17.7 Å². The molecule has 0 aliphatic heterocycles. The van der Waals surface area contributed by atoms with Gasteiger partial charge in [-0.3, -0.25) is 4.79 Å². The van der Waals surface area contributed by atoms with E-state index in [-0.39, 0.29) is 11.3 Å². The third kappa shape index (κ3) is 4.38. The van der Waals surface area contributed by atoms with Crippen molar-refractivity contribution in [2.75, 3.05) is 7.11 Å². The Bertz CT molecular complexity index is 427. The molecule has 0 heterocycles. The average molecular weight is 262 g/mol. The van der Waals surface area contributed by atoms with E-state index in [1.54, 1.807) is 7.11 Å². The fraction of sp³-hybridized carbons (Fsp3) is 0.588. The Balaban J connectivity index is 3.12. The Morgan fingerprint density at radius 3 is 2.37 bits per heavy atom. The Morgan fingerprint density at radius 1 is 1.26 bits per heavy atom. The van der Waals surface area contributed by atoms with Crippen LogP contribution in [0.1, 0.15) is 52.5 Å². The molecule has 0 spiro atoms. The second-order valence-corrected chi connectivity index (χ2v) is 6.57. The highest BCUT2D eigenvalue weighted by atomic mass is 16.5. The van der Waals surface area contributed by atoms with Crippen LogP contribution in [-0.2, 0) is 4.79 Å². The molecule has 1 aromatic carbocycles. The molecule has 0 aliphatic carbocycles. The summed E-state index contributed by atoms with van der Waals surface area (Å²) in [5.41, 5.74) is 0.746. The number of methoxy groups -OCH3 is 1. The minimum absolute atomic E-state index is 0.0462. The zero-order valence-corrected chi connectivity index (χ0v) is 13.0. The summed E-state index contributed by atoms with van der Waals surface area (Å²) in [6.45, 7) is 10.3. The number of hydrogen-bond donors (Lipinski definition) is 0. The molecule has 1 unspecified atom stereocenters. The molecule has 19 heavy (non-hydrogen) atoms. The fourth-order valence-corrected chi connectivity index (χ4v) is 2.25. The number of ether oxygens (including phenoxy) is 1. The number of Topliss-reactive ketones (excluding diaryl/α,β-unsaturated/α-hetero) is 1. The number of rotatable bonds is 5. The van der Waals surface area contributed by atoms with Crippen LogP contribution >= 0.6 is 0 Å². The van der Waals surface area contributed by atoms with Gasteiger partial charge in [0, 0.05) is 11.3 Å². The van der Waals surface area contributed by atoms with Crippen LogP contribution in [0.5, 0.6) is 5.75 Å². The molecular formula is C17H26O2. The molecule has 0 radical (unpaired) electrons. The van der Waals surface area contributed by atoms with E-state index in [4.69, 9.17) is 4.74 Å². The largest absolute Gasteiger partial charge is 0.497 e. The molecule has 0 saturated heterocycles. The van der Waals surface area contributed by atoms with Gasteiger partial charge in [-0.25, -0.2) is 0 Å². The van der Waals surface area contributed by atoms with Crippen LogP contribution in [0, 0.1) is 11.3 Å². The van der Waals surface area contributed by atoms with E-state index in [1.807, 2.05) is 45.0 Å². The Morgan fingerprint density at radius 2 is 1.89 bits per heavy atom. The second kappa shape index (κ2) is 6.23. The fourth-order valence-electron chi connectivity index (χ4n) is 2.25. The van der Waals surface area contributed by atoms with E-state index in [1.165, 1.54) is 0 Å². The molecule has 0 aromatic heterocycles. The van der Waals surface area contributed by atoms with E-state index in [2.05, 4.69) is 13.8 Å². The number of ketones is 1. The SMILES string of the molecule is COc1cccc(C(CC(C)C)C(=O)C(C)(C)C)c1. The van der Waals surface area contributed by atoms with Gasteiger partial charge in [-0.1, -0.05) is 46.8 Å². The predicted molar refractivity (Wildman–Crippen MR) is 79.7 cm³/mol. The number of hydrogen-bond acceptors (Lipinski definition) is 2. The first-order chi connectivity index (χ1) is 8.75. The molecule has 0 saturated carbocycles. The monoisotopic (exact) mass is 262 g/mol. The topological polar surface area (TPSA) is 26.3 Å². The van der Waals surface area contributed by atoms with Crippen LogP contribution in [0.15, 0.2) is 24.3 Å². The summed E-state index contributed by atoms with van der Waals surface area (Å²) in [5, 5.41) is 0. The lowest BCUT2D eigenvalue weighted by Crippen LogP contribution is -2.28. The highest BCUT2D eigenvalue weighted by molar-refractivity contribution is 5.90. The van der Waals surface area contributed by atoms with Crippen molar-refractivity contribution < 1.29 is 9.53 Å². The van der Waals surface area contributed by atoms with Crippen molar-refractivity contribution in [2.24, 2.45) is 11.3 Å². The van der Waals surface area contributed by atoms with Crippen molar-refractivity contribution >= 4 is 5.78 Å². The molecule has 2 nitrogen and oxygen atoms in total. The second-order valence-electron chi connectivity index (χ2n) is 6.57. The zero-order chi connectivity index (χ0) is 14.6. The van der Waals surface area contributed by atoms with Gasteiger partial charge in [-0.2, -0.15) is 0 Å². The van der Waals surface area contributed by atoms with Crippen molar-refractivity contribution in [1.82, 2.24) is 0 Å². The van der Waals surface area contributed by atoms with Crippen molar-refractivity contribution in [2.45, 2.75) is 47.0 Å². The minimum atomic E-state index is -0.317. The summed E-state index contributed by atoms with van der Waals surface area (Å²) in [4.78, 5) is 12.7. The van der Waals surface area contributed by atoms with Gasteiger partial charge in [0.25, 0.3) is 0 Å². The molecular weight excluding hydrogens is 236 g/mol. The first-order valence-electron chi connectivity index (χ1n) is 6.94. The van der Waals surface area contributed by atoms with Gasteiger partial charge >= 0.3 is 0 Å². The van der Waals surface area contributed by atoms with Crippen LogP contribution in [0.3, 0.4) is 0 Å². The van der Waals surface area contributed by atoms with Gasteiger partial charge in [-0.05, 0) is 30.0 Å². The minimum Gasteiger partial charge on any atom is -0.497 e. The maximum Gasteiger partial charge on any atom is 0.145 e. The highest BCUT2D eigenvalue weighted by Crippen LogP contribution is 2.33. The number of carbonyl (C=O) groups excluding carboxylic acids is 1. The number of benzene rings is 1. The highest BCUT2D eigenvalue weighted by Gasteiger charge is 2.31. The van der Waals surface area contributed by atoms with Crippen LogP contribution in [0.4, 0.5) is 0 Å². The van der Waals surface area contributed by atoms with Gasteiger partial charge in [-0.15, -0.1) is 0 Å². The molecule has 1 aromatic rings. The van der Waals surface area contributed by atoms with Gasteiger partial charge in [0.2, 0.25) is 0 Å². The first-order valence-corrected chi connectivity index (χ1v) is 6.94.